The third-order valence-electron chi connectivity index (χ3n) is 1.56. The SMILES string of the molecule is CC.[CH2-]c1ccc(F)cc1CC(F)(F)F.[CH3-].[K+]. The maximum atomic E-state index is 12.5. The summed E-state index contributed by atoms with van der Waals surface area (Å²) >= 11 is 0. The van der Waals surface area contributed by atoms with E-state index < -0.39 is 18.4 Å². The molecular formula is C12H16F4K-. The molecule has 0 atom stereocenters. The molecule has 17 heavy (non-hydrogen) atoms. The molecule has 1 aromatic carbocycles. The van der Waals surface area contributed by atoms with Gasteiger partial charge in [-0.05, 0) is 0 Å². The molecule has 0 aliphatic carbocycles. The fourth-order valence-electron chi connectivity index (χ4n) is 0.975. The summed E-state index contributed by atoms with van der Waals surface area (Å²) in [5.74, 6) is -0.674. The fourth-order valence-corrected chi connectivity index (χ4v) is 0.975. The molecule has 94 valence electrons. The largest absolute Gasteiger partial charge is 1.00 e. The molecule has 0 heterocycles. The number of hydrogen-bond acceptors (Lipinski definition) is 0. The van der Waals surface area contributed by atoms with E-state index in [1.54, 1.807) is 0 Å². The first-order valence-electron chi connectivity index (χ1n) is 4.55. The molecule has 1 rings (SSSR count). The molecule has 0 saturated heterocycles. The minimum absolute atomic E-state index is 0. The Balaban J connectivity index is -0.000000464. The van der Waals surface area contributed by atoms with Gasteiger partial charge in [0, 0.05) is 6.42 Å². The summed E-state index contributed by atoms with van der Waals surface area (Å²) < 4.78 is 48.2. The van der Waals surface area contributed by atoms with E-state index in [2.05, 4.69) is 6.92 Å². The summed E-state index contributed by atoms with van der Waals surface area (Å²) in [6.45, 7) is 7.38. The Bertz CT molecular complexity index is 308. The van der Waals surface area contributed by atoms with Crippen LogP contribution in [0.3, 0.4) is 0 Å². The number of halogens is 4. The van der Waals surface area contributed by atoms with E-state index in [-0.39, 0.29) is 69.9 Å². The van der Waals surface area contributed by atoms with E-state index in [4.69, 9.17) is 0 Å². The van der Waals surface area contributed by atoms with Gasteiger partial charge in [-0.3, -0.25) is 0 Å². The third kappa shape index (κ3) is 10.1. The van der Waals surface area contributed by atoms with Crippen molar-refractivity contribution in [3.63, 3.8) is 0 Å². The quantitative estimate of drug-likeness (QED) is 0.415. The van der Waals surface area contributed by atoms with Crippen LogP contribution < -0.4 is 51.4 Å². The standard InChI is InChI=1S/C9H7F4.C2H6.CH3.K/c1-6-2-3-8(10)4-7(6)5-9(11,12)13;1-2;;/h2-4H,1,5H2;1-2H3;1H3;/q-1;;-1;+1. The minimum atomic E-state index is -4.32. The van der Waals surface area contributed by atoms with Gasteiger partial charge in [0.05, 0.1) is 5.82 Å². The van der Waals surface area contributed by atoms with Gasteiger partial charge in [-0.1, -0.05) is 26.0 Å². The van der Waals surface area contributed by atoms with Crippen LogP contribution in [-0.2, 0) is 6.42 Å². The van der Waals surface area contributed by atoms with E-state index in [0.29, 0.717) is 0 Å². The Kier molecular flexibility index (Phi) is 13.8. The van der Waals surface area contributed by atoms with Gasteiger partial charge in [-0.25, -0.2) is 4.39 Å². The van der Waals surface area contributed by atoms with Crippen LogP contribution in [0.5, 0.6) is 0 Å². The maximum Gasteiger partial charge on any atom is 1.00 e. The normalized spacial score (nSPS) is 9.29. The van der Waals surface area contributed by atoms with Gasteiger partial charge in [0.2, 0.25) is 0 Å². The molecule has 0 saturated carbocycles. The van der Waals surface area contributed by atoms with Gasteiger partial charge in [-0.15, -0.1) is 5.56 Å². The predicted octanol–water partition coefficient (Wildman–Crippen LogP) is 1.59. The van der Waals surface area contributed by atoms with Gasteiger partial charge < -0.3 is 7.43 Å². The zero-order valence-electron chi connectivity index (χ0n) is 10.7. The van der Waals surface area contributed by atoms with Crippen LogP contribution in [0.1, 0.15) is 25.0 Å². The van der Waals surface area contributed by atoms with E-state index in [0.717, 1.165) is 12.1 Å². The molecule has 0 unspecified atom stereocenters. The molecule has 0 spiro atoms. The summed E-state index contributed by atoms with van der Waals surface area (Å²) in [7, 11) is 0. The van der Waals surface area contributed by atoms with E-state index in [9.17, 15) is 17.6 Å². The van der Waals surface area contributed by atoms with Crippen molar-refractivity contribution >= 4 is 0 Å². The number of alkyl halides is 3. The number of rotatable bonds is 1. The van der Waals surface area contributed by atoms with Gasteiger partial charge in [0.15, 0.2) is 0 Å². The predicted molar refractivity (Wildman–Crippen MR) is 58.4 cm³/mol. The summed E-state index contributed by atoms with van der Waals surface area (Å²) in [5, 5.41) is 0. The first kappa shape index (κ1) is 22.6. The topological polar surface area (TPSA) is 0 Å². The van der Waals surface area contributed by atoms with Crippen LogP contribution in [0, 0.1) is 20.2 Å². The molecule has 0 amide bonds. The molecule has 5 heteroatoms. The van der Waals surface area contributed by atoms with Gasteiger partial charge in [0.1, 0.15) is 0 Å². The Morgan fingerprint density at radius 3 is 2.06 bits per heavy atom. The molecule has 0 aromatic heterocycles. The fraction of sp³-hybridized carbons (Fsp3) is 0.333. The molecule has 0 fully saturated rings. The van der Waals surface area contributed by atoms with Crippen molar-refractivity contribution in [2.75, 3.05) is 0 Å². The Labute approximate surface area is 143 Å². The van der Waals surface area contributed by atoms with Crippen molar-refractivity contribution in [3.05, 3.63) is 49.5 Å². The van der Waals surface area contributed by atoms with Crippen molar-refractivity contribution < 1.29 is 68.9 Å². The van der Waals surface area contributed by atoms with Crippen molar-refractivity contribution in [1.82, 2.24) is 0 Å². The average molecular weight is 275 g/mol. The minimum Gasteiger partial charge on any atom is -0.358 e. The van der Waals surface area contributed by atoms with Crippen LogP contribution in [0.15, 0.2) is 18.2 Å². The first-order valence-corrected chi connectivity index (χ1v) is 4.55. The second-order valence-corrected chi connectivity index (χ2v) is 2.70. The Hall–Kier alpha value is 0.446. The average Bonchev–Trinajstić information content (AvgIpc) is 2.12. The number of hydrogen-bond donors (Lipinski definition) is 0. The van der Waals surface area contributed by atoms with Crippen molar-refractivity contribution in [2.45, 2.75) is 26.4 Å². The molecule has 0 bridgehead atoms. The second-order valence-electron chi connectivity index (χ2n) is 2.70. The van der Waals surface area contributed by atoms with E-state index in [1.807, 2.05) is 13.8 Å². The molecule has 0 aliphatic heterocycles. The third-order valence-corrected chi connectivity index (χ3v) is 1.56. The van der Waals surface area contributed by atoms with E-state index >= 15 is 0 Å². The van der Waals surface area contributed by atoms with Crippen LogP contribution in [0.4, 0.5) is 17.6 Å². The van der Waals surface area contributed by atoms with Crippen molar-refractivity contribution in [3.8, 4) is 0 Å². The smallest absolute Gasteiger partial charge is 0.358 e. The zero-order valence-corrected chi connectivity index (χ0v) is 13.8. The van der Waals surface area contributed by atoms with Crippen LogP contribution in [0.2, 0.25) is 0 Å². The number of benzene rings is 1. The van der Waals surface area contributed by atoms with Crippen LogP contribution >= 0.6 is 0 Å². The van der Waals surface area contributed by atoms with Crippen LogP contribution in [-0.4, -0.2) is 6.18 Å². The second kappa shape index (κ2) is 10.4. The van der Waals surface area contributed by atoms with Crippen molar-refractivity contribution in [1.29, 1.82) is 0 Å². The summed E-state index contributed by atoms with van der Waals surface area (Å²) in [4.78, 5) is 0. The Morgan fingerprint density at radius 2 is 1.65 bits per heavy atom. The van der Waals surface area contributed by atoms with Gasteiger partial charge in [0.25, 0.3) is 0 Å². The summed E-state index contributed by atoms with van der Waals surface area (Å²) in [6, 6.07) is 3.18. The molecule has 0 nitrogen and oxygen atoms in total. The first-order chi connectivity index (χ1) is 6.88. The molecule has 0 aliphatic rings. The van der Waals surface area contributed by atoms with Crippen LogP contribution in [0.25, 0.3) is 0 Å². The summed E-state index contributed by atoms with van der Waals surface area (Å²) in [5.41, 5.74) is 0.0891. The monoisotopic (exact) mass is 275 g/mol. The van der Waals surface area contributed by atoms with Crippen molar-refractivity contribution in [2.24, 2.45) is 0 Å². The Morgan fingerprint density at radius 1 is 1.18 bits per heavy atom. The van der Waals surface area contributed by atoms with E-state index in [1.165, 1.54) is 6.07 Å². The zero-order chi connectivity index (χ0) is 12.1. The summed E-state index contributed by atoms with van der Waals surface area (Å²) in [6.07, 6.45) is -5.45. The molecule has 0 N–H and O–H groups in total. The maximum absolute atomic E-state index is 12.5. The molecule has 1 aromatic rings. The molecule has 0 radical (unpaired) electrons. The van der Waals surface area contributed by atoms with Gasteiger partial charge >= 0.3 is 57.6 Å². The molecular weight excluding hydrogens is 259 g/mol. The van der Waals surface area contributed by atoms with Gasteiger partial charge in [-0.2, -0.15) is 31.7 Å².